The van der Waals surface area contributed by atoms with E-state index in [4.69, 9.17) is 21.7 Å². The lowest BCUT2D eigenvalue weighted by atomic mass is 10.00. The lowest BCUT2D eigenvalue weighted by Gasteiger charge is -2.18. The molecule has 0 bridgehead atoms. The Kier molecular flexibility index (Phi) is 7.75. The van der Waals surface area contributed by atoms with E-state index in [1.807, 2.05) is 6.92 Å². The predicted molar refractivity (Wildman–Crippen MR) is 120 cm³/mol. The van der Waals surface area contributed by atoms with Gasteiger partial charge in [-0.15, -0.1) is 11.3 Å². The number of hydrogen-bond acceptors (Lipinski definition) is 6. The van der Waals surface area contributed by atoms with Crippen LogP contribution in [0, 0.1) is 6.92 Å². The van der Waals surface area contributed by atoms with E-state index in [0.717, 1.165) is 16.9 Å². The summed E-state index contributed by atoms with van der Waals surface area (Å²) in [5.41, 5.74) is 3.13. The molecule has 0 amide bonds. The van der Waals surface area contributed by atoms with Crippen LogP contribution in [0.15, 0.2) is 24.3 Å². The average molecular weight is 435 g/mol. The van der Waals surface area contributed by atoms with Gasteiger partial charge in [-0.3, -0.25) is 0 Å². The standard InChI is InChI=1S/C21H26N2O4S2/c1-11(2)14-7-9-15(10-8-14)13(4)22-21(28)23-18-16(19(24)26-5)12(3)17(29-18)20(25)27-6/h7-11,13H,1-6H3,(H2,22,23,28). The third-order valence-electron chi connectivity index (χ3n) is 4.58. The van der Waals surface area contributed by atoms with E-state index in [1.165, 1.54) is 19.8 Å². The zero-order valence-corrected chi connectivity index (χ0v) is 19.0. The largest absolute Gasteiger partial charge is 0.465 e. The van der Waals surface area contributed by atoms with Gasteiger partial charge in [0.2, 0.25) is 0 Å². The van der Waals surface area contributed by atoms with E-state index in [-0.39, 0.29) is 11.6 Å². The Morgan fingerprint density at radius 2 is 1.55 bits per heavy atom. The van der Waals surface area contributed by atoms with Gasteiger partial charge in [-0.25, -0.2) is 9.59 Å². The van der Waals surface area contributed by atoms with Crippen molar-refractivity contribution in [3.8, 4) is 0 Å². The quantitative estimate of drug-likeness (QED) is 0.499. The van der Waals surface area contributed by atoms with Crippen LogP contribution in [0.2, 0.25) is 0 Å². The smallest absolute Gasteiger partial charge is 0.348 e. The molecule has 29 heavy (non-hydrogen) atoms. The van der Waals surface area contributed by atoms with Crippen LogP contribution in [0.25, 0.3) is 0 Å². The summed E-state index contributed by atoms with van der Waals surface area (Å²) in [5.74, 6) is -0.586. The van der Waals surface area contributed by atoms with Gasteiger partial charge < -0.3 is 20.1 Å². The molecule has 2 aromatic rings. The lowest BCUT2D eigenvalue weighted by Crippen LogP contribution is -2.31. The summed E-state index contributed by atoms with van der Waals surface area (Å²) >= 11 is 6.53. The Bertz CT molecular complexity index is 904. The van der Waals surface area contributed by atoms with Crippen LogP contribution >= 0.6 is 23.6 Å². The van der Waals surface area contributed by atoms with Crippen molar-refractivity contribution in [2.45, 2.75) is 39.7 Å². The number of anilines is 1. The monoisotopic (exact) mass is 434 g/mol. The van der Waals surface area contributed by atoms with Crippen molar-refractivity contribution in [2.75, 3.05) is 19.5 Å². The van der Waals surface area contributed by atoms with Crippen molar-refractivity contribution in [2.24, 2.45) is 0 Å². The molecule has 1 atom stereocenters. The molecule has 0 aliphatic rings. The number of nitrogens with one attached hydrogen (secondary N) is 2. The SMILES string of the molecule is COC(=O)c1sc(NC(=S)NC(C)c2ccc(C(C)C)cc2)c(C(=O)OC)c1C. The second kappa shape index (κ2) is 9.84. The van der Waals surface area contributed by atoms with Gasteiger partial charge in [0, 0.05) is 0 Å². The highest BCUT2D eigenvalue weighted by Gasteiger charge is 2.26. The molecule has 1 aromatic carbocycles. The van der Waals surface area contributed by atoms with Crippen LogP contribution in [-0.4, -0.2) is 31.3 Å². The van der Waals surface area contributed by atoms with Crippen molar-refractivity contribution in [3.63, 3.8) is 0 Å². The first kappa shape index (κ1) is 22.8. The number of ether oxygens (including phenoxy) is 2. The van der Waals surface area contributed by atoms with Crippen LogP contribution in [0.5, 0.6) is 0 Å². The molecular formula is C21H26N2O4S2. The summed E-state index contributed by atoms with van der Waals surface area (Å²) in [6.45, 7) is 7.98. The maximum atomic E-state index is 12.2. The fraction of sp³-hybridized carbons (Fsp3) is 0.381. The number of esters is 2. The number of thiocarbonyl (C=S) groups is 1. The van der Waals surface area contributed by atoms with Gasteiger partial charge in [-0.2, -0.15) is 0 Å². The van der Waals surface area contributed by atoms with Gasteiger partial charge >= 0.3 is 11.9 Å². The molecule has 8 heteroatoms. The molecule has 2 rings (SSSR count). The number of carbonyl (C=O) groups is 2. The molecule has 1 unspecified atom stereocenters. The maximum absolute atomic E-state index is 12.2. The fourth-order valence-electron chi connectivity index (χ4n) is 2.83. The van der Waals surface area contributed by atoms with Crippen molar-refractivity contribution in [3.05, 3.63) is 51.4 Å². The normalized spacial score (nSPS) is 11.7. The highest BCUT2D eigenvalue weighted by molar-refractivity contribution is 7.80. The molecule has 0 spiro atoms. The zero-order chi connectivity index (χ0) is 21.7. The predicted octanol–water partition coefficient (Wildman–Crippen LogP) is 4.80. The van der Waals surface area contributed by atoms with Crippen molar-refractivity contribution < 1.29 is 19.1 Å². The molecule has 0 fully saturated rings. The Balaban J connectivity index is 2.19. The number of rotatable bonds is 6. The van der Waals surface area contributed by atoms with E-state index in [0.29, 0.717) is 26.5 Å². The summed E-state index contributed by atoms with van der Waals surface area (Å²) in [6, 6.07) is 8.31. The first-order valence-corrected chi connectivity index (χ1v) is 10.4. The summed E-state index contributed by atoms with van der Waals surface area (Å²) in [7, 11) is 2.59. The van der Waals surface area contributed by atoms with Gasteiger partial charge in [-0.1, -0.05) is 38.1 Å². The van der Waals surface area contributed by atoms with Crippen LogP contribution in [0.3, 0.4) is 0 Å². The number of methoxy groups -OCH3 is 2. The molecule has 6 nitrogen and oxygen atoms in total. The molecule has 1 heterocycles. The van der Waals surface area contributed by atoms with Gasteiger partial charge in [0.15, 0.2) is 5.11 Å². The number of hydrogen-bond donors (Lipinski definition) is 2. The van der Waals surface area contributed by atoms with Gasteiger partial charge in [-0.05, 0) is 48.7 Å². The molecule has 0 radical (unpaired) electrons. The second-order valence-corrected chi connectivity index (χ2v) is 8.31. The number of carbonyl (C=O) groups excluding carboxylic acids is 2. The highest BCUT2D eigenvalue weighted by Crippen LogP contribution is 2.34. The summed E-state index contributed by atoms with van der Waals surface area (Å²) in [6.07, 6.45) is 0. The minimum Gasteiger partial charge on any atom is -0.465 e. The van der Waals surface area contributed by atoms with Crippen molar-refractivity contribution in [1.82, 2.24) is 5.32 Å². The highest BCUT2D eigenvalue weighted by atomic mass is 32.1. The molecule has 2 N–H and O–H groups in total. The van der Waals surface area contributed by atoms with Crippen molar-refractivity contribution >= 4 is 45.6 Å². The molecule has 0 aliphatic carbocycles. The van der Waals surface area contributed by atoms with E-state index in [2.05, 4.69) is 48.7 Å². The molecule has 0 aliphatic heterocycles. The maximum Gasteiger partial charge on any atom is 0.348 e. The molecule has 0 saturated carbocycles. The molecular weight excluding hydrogens is 408 g/mol. The van der Waals surface area contributed by atoms with Crippen LogP contribution in [-0.2, 0) is 9.47 Å². The molecule has 0 saturated heterocycles. The van der Waals surface area contributed by atoms with Gasteiger partial charge in [0.1, 0.15) is 9.88 Å². The first-order chi connectivity index (χ1) is 13.7. The van der Waals surface area contributed by atoms with Crippen LogP contribution in [0.4, 0.5) is 5.00 Å². The summed E-state index contributed by atoms with van der Waals surface area (Å²) < 4.78 is 9.65. The van der Waals surface area contributed by atoms with E-state index in [9.17, 15) is 9.59 Å². The van der Waals surface area contributed by atoms with E-state index in [1.54, 1.807) is 6.92 Å². The van der Waals surface area contributed by atoms with E-state index < -0.39 is 11.9 Å². The third kappa shape index (κ3) is 5.33. The minimum atomic E-state index is -0.545. The lowest BCUT2D eigenvalue weighted by molar-refractivity contribution is 0.0601. The number of thiophene rings is 1. The Hall–Kier alpha value is -2.45. The Labute approximate surface area is 180 Å². The average Bonchev–Trinajstić information content (AvgIpc) is 3.02. The summed E-state index contributed by atoms with van der Waals surface area (Å²) in [4.78, 5) is 24.5. The van der Waals surface area contributed by atoms with Gasteiger partial charge in [0.05, 0.1) is 25.8 Å². The first-order valence-electron chi connectivity index (χ1n) is 9.16. The second-order valence-electron chi connectivity index (χ2n) is 6.88. The van der Waals surface area contributed by atoms with E-state index >= 15 is 0 Å². The van der Waals surface area contributed by atoms with Crippen LogP contribution < -0.4 is 10.6 Å². The number of benzene rings is 1. The Morgan fingerprint density at radius 3 is 2.07 bits per heavy atom. The molecule has 1 aromatic heterocycles. The summed E-state index contributed by atoms with van der Waals surface area (Å²) in [5, 5.41) is 7.02. The third-order valence-corrected chi connectivity index (χ3v) is 5.99. The Morgan fingerprint density at radius 1 is 1.00 bits per heavy atom. The molecule has 156 valence electrons. The zero-order valence-electron chi connectivity index (χ0n) is 17.4. The minimum absolute atomic E-state index is 0.0427. The van der Waals surface area contributed by atoms with Crippen LogP contribution in [0.1, 0.15) is 69.5 Å². The van der Waals surface area contributed by atoms with Gasteiger partial charge in [0.25, 0.3) is 0 Å². The topological polar surface area (TPSA) is 76.7 Å². The van der Waals surface area contributed by atoms with Crippen molar-refractivity contribution in [1.29, 1.82) is 0 Å². The fourth-order valence-corrected chi connectivity index (χ4v) is 4.29.